The highest BCUT2D eigenvalue weighted by molar-refractivity contribution is 4.94. The van der Waals surface area contributed by atoms with E-state index in [1.54, 1.807) is 0 Å². The van der Waals surface area contributed by atoms with Gasteiger partial charge in [-0.25, -0.2) is 0 Å². The number of methoxy groups -OCH3 is 1. The lowest BCUT2D eigenvalue weighted by molar-refractivity contribution is -0.0727. The summed E-state index contributed by atoms with van der Waals surface area (Å²) < 4.78 is 11.6. The van der Waals surface area contributed by atoms with Crippen LogP contribution in [0.3, 0.4) is 0 Å². The number of hydrogen-bond donors (Lipinski definition) is 1. The molecule has 1 N–H and O–H groups in total. The lowest BCUT2D eigenvalue weighted by Gasteiger charge is -2.39. The molecule has 3 nitrogen and oxygen atoms in total. The van der Waals surface area contributed by atoms with Gasteiger partial charge in [0, 0.05) is 13.7 Å². The first kappa shape index (κ1) is 14.9. The zero-order chi connectivity index (χ0) is 12.6. The molecular formula is C14H29NO2. The van der Waals surface area contributed by atoms with E-state index >= 15 is 0 Å². The van der Waals surface area contributed by atoms with Crippen LogP contribution in [0, 0.1) is 0 Å². The fraction of sp³-hybridized carbons (Fsp3) is 1.00. The molecule has 0 radical (unpaired) electrons. The first-order chi connectivity index (χ1) is 8.29. The maximum absolute atomic E-state index is 5.93. The van der Waals surface area contributed by atoms with Gasteiger partial charge in [-0.1, -0.05) is 32.6 Å². The summed E-state index contributed by atoms with van der Waals surface area (Å²) in [4.78, 5) is 0. The normalized spacial score (nSPS) is 22.1. The molecule has 0 aromatic rings. The Morgan fingerprint density at radius 1 is 1.12 bits per heavy atom. The number of rotatable bonds is 7. The van der Waals surface area contributed by atoms with Crippen molar-refractivity contribution in [1.82, 2.24) is 5.32 Å². The van der Waals surface area contributed by atoms with Crippen LogP contribution in [0.15, 0.2) is 0 Å². The zero-order valence-electron chi connectivity index (χ0n) is 11.8. The van der Waals surface area contributed by atoms with E-state index in [0.717, 1.165) is 32.6 Å². The Kier molecular flexibility index (Phi) is 7.09. The van der Waals surface area contributed by atoms with Gasteiger partial charge in [0.1, 0.15) is 0 Å². The van der Waals surface area contributed by atoms with Gasteiger partial charge in [0.2, 0.25) is 0 Å². The third-order valence-electron chi connectivity index (χ3n) is 3.93. The van der Waals surface area contributed by atoms with E-state index in [0.29, 0.717) is 6.04 Å². The number of nitrogens with one attached hydrogen (secondary N) is 1. The van der Waals surface area contributed by atoms with E-state index in [2.05, 4.69) is 19.2 Å². The SMILES string of the molecule is CCNC(COCC)C1(OC)CCCCCC1. The Morgan fingerprint density at radius 2 is 1.76 bits per heavy atom. The monoisotopic (exact) mass is 243 g/mol. The largest absolute Gasteiger partial charge is 0.380 e. The molecule has 0 amide bonds. The highest BCUT2D eigenvalue weighted by Crippen LogP contribution is 2.33. The minimum atomic E-state index is -0.0122. The molecule has 1 aliphatic rings. The van der Waals surface area contributed by atoms with Crippen LogP contribution in [0.2, 0.25) is 0 Å². The molecule has 1 atom stereocenters. The van der Waals surface area contributed by atoms with Crippen molar-refractivity contribution in [2.75, 3.05) is 26.9 Å². The van der Waals surface area contributed by atoms with Crippen molar-refractivity contribution in [2.24, 2.45) is 0 Å². The van der Waals surface area contributed by atoms with Gasteiger partial charge in [0.25, 0.3) is 0 Å². The van der Waals surface area contributed by atoms with E-state index in [4.69, 9.17) is 9.47 Å². The fourth-order valence-electron chi connectivity index (χ4n) is 2.90. The van der Waals surface area contributed by atoms with E-state index in [-0.39, 0.29) is 5.60 Å². The molecule has 0 bridgehead atoms. The fourth-order valence-corrected chi connectivity index (χ4v) is 2.90. The molecular weight excluding hydrogens is 214 g/mol. The minimum absolute atomic E-state index is 0.0122. The van der Waals surface area contributed by atoms with E-state index in [1.165, 1.54) is 25.7 Å². The average Bonchev–Trinajstić information content (AvgIpc) is 2.60. The molecule has 0 aromatic heterocycles. The molecule has 0 aliphatic heterocycles. The molecule has 102 valence electrons. The lowest BCUT2D eigenvalue weighted by Crippen LogP contribution is -2.54. The Hall–Kier alpha value is -0.120. The summed E-state index contributed by atoms with van der Waals surface area (Å²) >= 11 is 0. The van der Waals surface area contributed by atoms with Crippen molar-refractivity contribution in [2.45, 2.75) is 64.0 Å². The van der Waals surface area contributed by atoms with Gasteiger partial charge in [0.05, 0.1) is 18.2 Å². The summed E-state index contributed by atoms with van der Waals surface area (Å²) in [6, 6.07) is 0.329. The zero-order valence-corrected chi connectivity index (χ0v) is 11.8. The molecule has 1 rings (SSSR count). The van der Waals surface area contributed by atoms with Crippen molar-refractivity contribution >= 4 is 0 Å². The summed E-state index contributed by atoms with van der Waals surface area (Å²) in [7, 11) is 1.86. The number of likely N-dealkylation sites (N-methyl/N-ethyl adjacent to an activating group) is 1. The topological polar surface area (TPSA) is 30.5 Å². The smallest absolute Gasteiger partial charge is 0.0853 e. The molecule has 1 fully saturated rings. The maximum Gasteiger partial charge on any atom is 0.0853 e. The van der Waals surface area contributed by atoms with Gasteiger partial charge in [-0.05, 0) is 26.3 Å². The predicted molar refractivity (Wildman–Crippen MR) is 71.4 cm³/mol. The summed E-state index contributed by atoms with van der Waals surface area (Å²) in [6.45, 7) is 6.72. The molecule has 3 heteroatoms. The lowest BCUT2D eigenvalue weighted by atomic mass is 9.86. The van der Waals surface area contributed by atoms with Crippen molar-refractivity contribution in [1.29, 1.82) is 0 Å². The highest BCUT2D eigenvalue weighted by atomic mass is 16.5. The van der Waals surface area contributed by atoms with Gasteiger partial charge in [-0.2, -0.15) is 0 Å². The second-order valence-corrected chi connectivity index (χ2v) is 4.95. The van der Waals surface area contributed by atoms with Crippen LogP contribution < -0.4 is 5.32 Å². The second-order valence-electron chi connectivity index (χ2n) is 4.95. The summed E-state index contributed by atoms with van der Waals surface area (Å²) in [5.74, 6) is 0. The first-order valence-electron chi connectivity index (χ1n) is 7.15. The van der Waals surface area contributed by atoms with E-state index in [9.17, 15) is 0 Å². The van der Waals surface area contributed by atoms with Crippen molar-refractivity contribution < 1.29 is 9.47 Å². The highest BCUT2D eigenvalue weighted by Gasteiger charge is 2.38. The van der Waals surface area contributed by atoms with Crippen LogP contribution in [0.5, 0.6) is 0 Å². The van der Waals surface area contributed by atoms with E-state index < -0.39 is 0 Å². The second kappa shape index (κ2) is 8.06. The predicted octanol–water partition coefficient (Wildman–Crippen LogP) is 2.74. The third-order valence-corrected chi connectivity index (χ3v) is 3.93. The molecule has 17 heavy (non-hydrogen) atoms. The Morgan fingerprint density at radius 3 is 2.24 bits per heavy atom. The molecule has 0 heterocycles. The van der Waals surface area contributed by atoms with Crippen LogP contribution in [-0.2, 0) is 9.47 Å². The van der Waals surface area contributed by atoms with Crippen LogP contribution in [0.25, 0.3) is 0 Å². The van der Waals surface area contributed by atoms with Crippen LogP contribution >= 0.6 is 0 Å². The molecule has 0 aromatic carbocycles. The minimum Gasteiger partial charge on any atom is -0.380 e. The first-order valence-corrected chi connectivity index (χ1v) is 7.15. The molecule has 1 unspecified atom stereocenters. The molecule has 0 spiro atoms. The number of ether oxygens (including phenoxy) is 2. The summed E-state index contributed by atoms with van der Waals surface area (Å²) in [5, 5.41) is 3.56. The van der Waals surface area contributed by atoms with Gasteiger partial charge in [0.15, 0.2) is 0 Å². The standard InChI is InChI=1S/C14H29NO2/c1-4-15-13(12-17-5-2)14(16-3)10-8-6-7-9-11-14/h13,15H,4-12H2,1-3H3. The quantitative estimate of drug-likeness (QED) is 0.697. The van der Waals surface area contributed by atoms with Crippen LogP contribution in [0.4, 0.5) is 0 Å². The van der Waals surface area contributed by atoms with E-state index in [1.807, 2.05) is 7.11 Å². The molecule has 1 saturated carbocycles. The average molecular weight is 243 g/mol. The Labute approximate surface area is 106 Å². The molecule has 0 saturated heterocycles. The van der Waals surface area contributed by atoms with Gasteiger partial charge in [-0.3, -0.25) is 0 Å². The van der Waals surface area contributed by atoms with Gasteiger partial charge in [-0.15, -0.1) is 0 Å². The Balaban J connectivity index is 2.68. The summed E-state index contributed by atoms with van der Waals surface area (Å²) in [5.41, 5.74) is -0.0122. The maximum atomic E-state index is 5.93. The van der Waals surface area contributed by atoms with Crippen LogP contribution in [-0.4, -0.2) is 38.5 Å². The molecule has 1 aliphatic carbocycles. The Bertz CT molecular complexity index is 189. The van der Waals surface area contributed by atoms with Crippen molar-refractivity contribution in [3.05, 3.63) is 0 Å². The van der Waals surface area contributed by atoms with Crippen molar-refractivity contribution in [3.63, 3.8) is 0 Å². The number of hydrogen-bond acceptors (Lipinski definition) is 3. The van der Waals surface area contributed by atoms with Crippen molar-refractivity contribution in [3.8, 4) is 0 Å². The summed E-state index contributed by atoms with van der Waals surface area (Å²) in [6.07, 6.45) is 7.57. The van der Waals surface area contributed by atoms with Gasteiger partial charge >= 0.3 is 0 Å². The van der Waals surface area contributed by atoms with Crippen LogP contribution in [0.1, 0.15) is 52.4 Å². The van der Waals surface area contributed by atoms with Gasteiger partial charge < -0.3 is 14.8 Å². The third kappa shape index (κ3) is 4.23.